The molecule has 0 aliphatic heterocycles. The van der Waals surface area contributed by atoms with Crippen LogP contribution in [0.15, 0.2) is 19.4 Å². The van der Waals surface area contributed by atoms with Gasteiger partial charge in [-0.05, 0) is 6.42 Å². The molecule has 2 N–H and O–H groups in total. The Hall–Kier alpha value is -2.21. The summed E-state index contributed by atoms with van der Waals surface area (Å²) in [6, 6.07) is 0. The van der Waals surface area contributed by atoms with Gasteiger partial charge in [0.05, 0.1) is 6.54 Å². The van der Waals surface area contributed by atoms with Crippen LogP contribution in [0.1, 0.15) is 6.42 Å². The predicted octanol–water partition coefficient (Wildman–Crippen LogP) is -2.05. The van der Waals surface area contributed by atoms with Crippen LogP contribution in [-0.2, 0) is 11.3 Å². The third-order valence-electron chi connectivity index (χ3n) is 1.65. The molecule has 0 aliphatic rings. The fourth-order valence-electron chi connectivity index (χ4n) is 1.01. The van der Waals surface area contributed by atoms with Crippen molar-refractivity contribution in [1.82, 2.24) is 14.5 Å². The zero-order valence-electron chi connectivity index (χ0n) is 7.65. The fourth-order valence-corrected chi connectivity index (χ4v) is 1.01. The van der Waals surface area contributed by atoms with Crippen LogP contribution in [0.2, 0.25) is 0 Å². The molecule has 8 nitrogen and oxygen atoms in total. The highest BCUT2D eigenvalue weighted by molar-refractivity contribution is 5.32. The van der Waals surface area contributed by atoms with E-state index in [1.165, 1.54) is 6.08 Å². The van der Waals surface area contributed by atoms with Gasteiger partial charge in [-0.2, -0.15) is 0 Å². The molecule has 1 heterocycles. The zero-order valence-corrected chi connectivity index (χ0v) is 7.65. The standard InChI is InChI=1S/C7H8N4O4/c12-4-8-2-1-3-11-6(14)9-5(13)10-7(11)15/h1-3H2,(H2,9,10,13,14,15). The van der Waals surface area contributed by atoms with Crippen molar-refractivity contribution in [2.75, 3.05) is 6.54 Å². The molecule has 15 heavy (non-hydrogen) atoms. The molecular weight excluding hydrogens is 204 g/mol. The van der Waals surface area contributed by atoms with Crippen molar-refractivity contribution >= 4 is 6.08 Å². The average molecular weight is 212 g/mol. The van der Waals surface area contributed by atoms with Crippen molar-refractivity contribution in [3.8, 4) is 0 Å². The SMILES string of the molecule is O=C=NCCCn1c(=O)[nH]c(=O)[nH]c1=O. The van der Waals surface area contributed by atoms with Crippen LogP contribution in [0.4, 0.5) is 0 Å². The maximum absolute atomic E-state index is 11.1. The van der Waals surface area contributed by atoms with Crippen molar-refractivity contribution in [3.63, 3.8) is 0 Å². The lowest BCUT2D eigenvalue weighted by Gasteiger charge is -1.99. The Morgan fingerprint density at radius 1 is 1.20 bits per heavy atom. The van der Waals surface area contributed by atoms with Gasteiger partial charge in [0.1, 0.15) is 0 Å². The van der Waals surface area contributed by atoms with Crippen LogP contribution in [-0.4, -0.2) is 27.2 Å². The molecule has 1 aromatic rings. The lowest BCUT2D eigenvalue weighted by Crippen LogP contribution is -2.43. The molecule has 0 unspecified atom stereocenters. The van der Waals surface area contributed by atoms with Gasteiger partial charge >= 0.3 is 17.1 Å². The maximum Gasteiger partial charge on any atom is 0.333 e. The van der Waals surface area contributed by atoms with E-state index in [0.29, 0.717) is 6.42 Å². The van der Waals surface area contributed by atoms with E-state index in [4.69, 9.17) is 0 Å². The highest BCUT2D eigenvalue weighted by atomic mass is 16.2. The second-order valence-electron chi connectivity index (χ2n) is 2.67. The van der Waals surface area contributed by atoms with E-state index in [2.05, 4.69) is 4.99 Å². The van der Waals surface area contributed by atoms with E-state index in [9.17, 15) is 19.2 Å². The predicted molar refractivity (Wildman–Crippen MR) is 49.5 cm³/mol. The monoisotopic (exact) mass is 212 g/mol. The van der Waals surface area contributed by atoms with Gasteiger partial charge in [-0.3, -0.25) is 9.97 Å². The fraction of sp³-hybridized carbons (Fsp3) is 0.429. The first-order valence-electron chi connectivity index (χ1n) is 4.12. The Balaban J connectivity index is 2.86. The van der Waals surface area contributed by atoms with Crippen LogP contribution in [0, 0.1) is 0 Å². The second-order valence-corrected chi connectivity index (χ2v) is 2.67. The molecule has 0 bridgehead atoms. The molecule has 0 saturated carbocycles. The first kappa shape index (κ1) is 10.9. The highest BCUT2D eigenvalue weighted by Gasteiger charge is 2.01. The zero-order chi connectivity index (χ0) is 11.3. The number of aromatic nitrogens is 3. The van der Waals surface area contributed by atoms with E-state index in [1.54, 1.807) is 0 Å². The Kier molecular flexibility index (Phi) is 3.53. The molecule has 0 aliphatic carbocycles. The molecule has 1 rings (SSSR count). The number of rotatable bonds is 4. The van der Waals surface area contributed by atoms with Crippen molar-refractivity contribution in [1.29, 1.82) is 0 Å². The summed E-state index contributed by atoms with van der Waals surface area (Å²) >= 11 is 0. The Morgan fingerprint density at radius 2 is 1.80 bits per heavy atom. The molecule has 0 spiro atoms. The number of nitrogens with one attached hydrogen (secondary N) is 2. The molecule has 80 valence electrons. The van der Waals surface area contributed by atoms with Crippen LogP contribution in [0.5, 0.6) is 0 Å². The number of H-pyrrole nitrogens is 2. The maximum atomic E-state index is 11.1. The largest absolute Gasteiger partial charge is 0.333 e. The molecular formula is C7H8N4O4. The lowest BCUT2D eigenvalue weighted by molar-refractivity contribution is 0.553. The van der Waals surface area contributed by atoms with Crippen molar-refractivity contribution < 1.29 is 4.79 Å². The van der Waals surface area contributed by atoms with Crippen LogP contribution in [0.25, 0.3) is 0 Å². The highest BCUT2D eigenvalue weighted by Crippen LogP contribution is 1.81. The summed E-state index contributed by atoms with van der Waals surface area (Å²) in [6.07, 6.45) is 1.67. The molecule has 1 aromatic heterocycles. The van der Waals surface area contributed by atoms with Gasteiger partial charge in [-0.1, -0.05) is 0 Å². The minimum Gasteiger partial charge on any atom is -0.259 e. The van der Waals surface area contributed by atoms with Crippen LogP contribution in [0.3, 0.4) is 0 Å². The Labute approximate surface area is 82.3 Å². The summed E-state index contributed by atoms with van der Waals surface area (Å²) in [5, 5.41) is 0. The number of hydrogen-bond acceptors (Lipinski definition) is 5. The number of carbonyl (C=O) groups excluding carboxylic acids is 1. The number of aromatic amines is 2. The summed E-state index contributed by atoms with van der Waals surface area (Å²) in [4.78, 5) is 49.6. The normalized spacial score (nSPS) is 9.60. The summed E-state index contributed by atoms with van der Waals surface area (Å²) in [7, 11) is 0. The van der Waals surface area contributed by atoms with E-state index in [0.717, 1.165) is 4.57 Å². The van der Waals surface area contributed by atoms with Gasteiger partial charge < -0.3 is 0 Å². The van der Waals surface area contributed by atoms with Gasteiger partial charge in [0.2, 0.25) is 6.08 Å². The summed E-state index contributed by atoms with van der Waals surface area (Å²) in [5.41, 5.74) is -2.40. The second kappa shape index (κ2) is 4.87. The van der Waals surface area contributed by atoms with E-state index >= 15 is 0 Å². The quantitative estimate of drug-likeness (QED) is 0.339. The molecule has 8 heteroatoms. The van der Waals surface area contributed by atoms with Gasteiger partial charge in [0.25, 0.3) is 0 Å². The number of isocyanates is 1. The topological polar surface area (TPSA) is 117 Å². The Morgan fingerprint density at radius 3 is 2.33 bits per heavy atom. The van der Waals surface area contributed by atoms with E-state index in [-0.39, 0.29) is 13.1 Å². The minimum absolute atomic E-state index is 0.0795. The first-order valence-corrected chi connectivity index (χ1v) is 4.12. The summed E-state index contributed by atoms with van der Waals surface area (Å²) in [5.74, 6) is 0. The van der Waals surface area contributed by atoms with E-state index < -0.39 is 17.1 Å². The molecule has 0 fully saturated rings. The van der Waals surface area contributed by atoms with E-state index in [1.807, 2.05) is 9.97 Å². The van der Waals surface area contributed by atoms with Gasteiger partial charge in [-0.15, -0.1) is 0 Å². The first-order chi connectivity index (χ1) is 7.15. The Bertz CT molecular complexity index is 511. The average Bonchev–Trinajstić information content (AvgIpc) is 2.15. The van der Waals surface area contributed by atoms with Gasteiger partial charge in [-0.25, -0.2) is 28.7 Å². The van der Waals surface area contributed by atoms with Gasteiger partial charge in [0.15, 0.2) is 0 Å². The third kappa shape index (κ3) is 2.89. The summed E-state index contributed by atoms with van der Waals surface area (Å²) < 4.78 is 0.821. The van der Waals surface area contributed by atoms with Crippen molar-refractivity contribution in [3.05, 3.63) is 31.5 Å². The molecule has 0 radical (unpaired) electrons. The minimum atomic E-state index is -0.841. The smallest absolute Gasteiger partial charge is 0.259 e. The molecule has 0 amide bonds. The van der Waals surface area contributed by atoms with Crippen molar-refractivity contribution in [2.45, 2.75) is 13.0 Å². The summed E-state index contributed by atoms with van der Waals surface area (Å²) in [6.45, 7) is 0.255. The van der Waals surface area contributed by atoms with Crippen LogP contribution >= 0.6 is 0 Å². The van der Waals surface area contributed by atoms with Gasteiger partial charge in [0, 0.05) is 6.54 Å². The third-order valence-corrected chi connectivity index (χ3v) is 1.65. The van der Waals surface area contributed by atoms with Crippen LogP contribution < -0.4 is 17.1 Å². The molecule has 0 saturated heterocycles. The van der Waals surface area contributed by atoms with Crippen molar-refractivity contribution in [2.24, 2.45) is 4.99 Å². The lowest BCUT2D eigenvalue weighted by atomic mass is 10.4. The molecule has 0 aromatic carbocycles. The number of hydrogen-bond donors (Lipinski definition) is 2. The molecule has 0 atom stereocenters. The number of aliphatic imine (C=N–C) groups is 1. The number of nitrogens with zero attached hydrogens (tertiary/aromatic N) is 2.